The minimum atomic E-state index is -0.772. The Hall–Kier alpha value is -4.14. The first kappa shape index (κ1) is 27.4. The molecule has 0 saturated carbocycles. The van der Waals surface area contributed by atoms with Crippen molar-refractivity contribution in [2.24, 2.45) is 5.73 Å². The Balaban J connectivity index is 1.81. The van der Waals surface area contributed by atoms with Crippen LogP contribution >= 0.6 is 0 Å². The van der Waals surface area contributed by atoms with Crippen LogP contribution in [0.4, 0.5) is 0 Å². The number of carbonyl (C=O) groups excluding carboxylic acids is 1. The van der Waals surface area contributed by atoms with Gasteiger partial charge in [0, 0.05) is 40.5 Å². The number of ether oxygens (including phenoxy) is 2. The maximum Gasteiger partial charge on any atom is 0.236 e. The molecule has 1 fully saturated rings. The third kappa shape index (κ3) is 3.74. The fraction of sp³-hybridized carbons (Fsp3) is 0.448. The summed E-state index contributed by atoms with van der Waals surface area (Å²) in [5, 5.41) is 47.5. The van der Waals surface area contributed by atoms with Gasteiger partial charge >= 0.3 is 0 Å². The monoisotopic (exact) mass is 549 g/mol. The lowest BCUT2D eigenvalue weighted by Gasteiger charge is -2.57. The number of rotatable bonds is 5. The first-order valence-corrected chi connectivity index (χ1v) is 13.1. The highest BCUT2D eigenvalue weighted by Gasteiger charge is 2.53. The summed E-state index contributed by atoms with van der Waals surface area (Å²) in [6.07, 6.45) is 2.24. The second-order valence-corrected chi connectivity index (χ2v) is 10.8. The van der Waals surface area contributed by atoms with Gasteiger partial charge in [-0.3, -0.25) is 9.69 Å². The summed E-state index contributed by atoms with van der Waals surface area (Å²) in [6.45, 7) is 5.08. The van der Waals surface area contributed by atoms with E-state index in [1.807, 2.05) is 24.9 Å². The van der Waals surface area contributed by atoms with Crippen molar-refractivity contribution in [3.8, 4) is 34.8 Å². The first-order chi connectivity index (χ1) is 19.0. The molecule has 3 aliphatic rings. The number of nitrogens with one attached hydrogen (secondary N) is 1. The van der Waals surface area contributed by atoms with E-state index in [1.165, 1.54) is 14.2 Å². The van der Waals surface area contributed by atoms with Gasteiger partial charge in [-0.15, -0.1) is 0 Å². The minimum absolute atomic E-state index is 0.00131. The van der Waals surface area contributed by atoms with E-state index in [4.69, 9.17) is 15.2 Å². The highest BCUT2D eigenvalue weighted by molar-refractivity contribution is 5.81. The number of phenolic OH excluding ortho intramolecular Hbond substituents is 3. The average Bonchev–Trinajstić information content (AvgIpc) is 2.91. The van der Waals surface area contributed by atoms with Gasteiger partial charge < -0.3 is 40.7 Å². The van der Waals surface area contributed by atoms with Gasteiger partial charge in [0.05, 0.1) is 38.4 Å². The molecule has 0 aliphatic carbocycles. The van der Waals surface area contributed by atoms with Crippen LogP contribution in [0.25, 0.3) is 6.08 Å². The predicted molar refractivity (Wildman–Crippen MR) is 147 cm³/mol. The van der Waals surface area contributed by atoms with E-state index in [2.05, 4.69) is 16.3 Å². The third-order valence-electron chi connectivity index (χ3n) is 8.54. The van der Waals surface area contributed by atoms with Crippen LogP contribution in [0.1, 0.15) is 52.4 Å². The van der Waals surface area contributed by atoms with Gasteiger partial charge in [0.25, 0.3) is 0 Å². The zero-order valence-corrected chi connectivity index (χ0v) is 23.4. The second kappa shape index (κ2) is 9.80. The number of carbonyl (C=O) groups is 1. The Kier molecular flexibility index (Phi) is 6.72. The number of amides is 1. The number of fused-ring (bicyclic) bond motifs is 7. The second-order valence-electron chi connectivity index (χ2n) is 10.8. The number of piperazine rings is 1. The molecule has 11 nitrogen and oxygen atoms in total. The zero-order valence-electron chi connectivity index (χ0n) is 23.4. The van der Waals surface area contributed by atoms with Crippen molar-refractivity contribution < 1.29 is 29.6 Å². The summed E-state index contributed by atoms with van der Waals surface area (Å²) in [5.74, 6) is -0.147. The van der Waals surface area contributed by atoms with Crippen molar-refractivity contribution in [2.45, 2.75) is 57.4 Å². The van der Waals surface area contributed by atoms with E-state index in [-0.39, 0.29) is 35.6 Å². The van der Waals surface area contributed by atoms with Crippen molar-refractivity contribution in [1.29, 1.82) is 5.26 Å². The number of hydrogen-bond acceptors (Lipinski definition) is 10. The van der Waals surface area contributed by atoms with Gasteiger partial charge in [0.15, 0.2) is 23.0 Å². The van der Waals surface area contributed by atoms with Crippen LogP contribution in [0.5, 0.6) is 28.7 Å². The fourth-order valence-electron chi connectivity index (χ4n) is 6.66. The summed E-state index contributed by atoms with van der Waals surface area (Å²) >= 11 is 0. The number of nitriles is 1. The summed E-state index contributed by atoms with van der Waals surface area (Å²) in [5.41, 5.74) is 9.85. The topological polar surface area (TPSA) is 165 Å². The SMILES string of the molecule is COc1c(C)cc2c(c1O)[C@@H]1C3=Cc4c(O)c(C)c(OC)c(O)c4C(CNC(=O)C(C)N)N3[C@@H](C#N)[C@H](C2)N1C. The molecule has 2 bridgehead atoms. The smallest absolute Gasteiger partial charge is 0.236 e. The Morgan fingerprint density at radius 2 is 1.82 bits per heavy atom. The van der Waals surface area contributed by atoms with Crippen molar-refractivity contribution in [3.05, 3.63) is 45.1 Å². The summed E-state index contributed by atoms with van der Waals surface area (Å²) < 4.78 is 11.0. The van der Waals surface area contributed by atoms with Crippen LogP contribution in [-0.2, 0) is 11.2 Å². The van der Waals surface area contributed by atoms with Gasteiger partial charge in [-0.05, 0) is 51.4 Å². The maximum atomic E-state index is 12.6. The lowest BCUT2D eigenvalue weighted by atomic mass is 9.75. The number of aromatic hydroxyl groups is 3. The standard InChI is InChI=1S/C29H35N5O6/c1-12-7-15-8-17-19(10-30)34-18(23(33(17)4)21(15)25(36)27(12)39-5)9-16-22(20(34)11-32-29(38)14(3)31)26(37)28(40-6)13(2)24(16)35/h7,9,14,17,19-20,23,35-37H,8,11,31H2,1-6H3,(H,32,38)/t14?,17-,19-,20?,23-/m0/s1. The quantitative estimate of drug-likeness (QED) is 0.349. The molecule has 1 saturated heterocycles. The first-order valence-electron chi connectivity index (χ1n) is 13.1. The fourth-order valence-corrected chi connectivity index (χ4v) is 6.66. The molecule has 3 aliphatic heterocycles. The predicted octanol–water partition coefficient (Wildman–Crippen LogP) is 2.10. The van der Waals surface area contributed by atoms with Crippen LogP contribution < -0.4 is 20.5 Å². The summed E-state index contributed by atoms with van der Waals surface area (Å²) in [6, 6.07) is 1.45. The minimum Gasteiger partial charge on any atom is -0.507 e. The van der Waals surface area contributed by atoms with Crippen LogP contribution in [-0.4, -0.2) is 77.0 Å². The van der Waals surface area contributed by atoms with Gasteiger partial charge in [-0.2, -0.15) is 5.26 Å². The van der Waals surface area contributed by atoms with Crippen LogP contribution in [0.2, 0.25) is 0 Å². The average molecular weight is 550 g/mol. The molecule has 2 aromatic rings. The number of phenols is 3. The van der Waals surface area contributed by atoms with Crippen molar-refractivity contribution >= 4 is 12.0 Å². The number of hydrogen-bond donors (Lipinski definition) is 5. The summed E-state index contributed by atoms with van der Waals surface area (Å²) in [4.78, 5) is 16.5. The molecule has 40 heavy (non-hydrogen) atoms. The van der Waals surface area contributed by atoms with E-state index < -0.39 is 30.1 Å². The van der Waals surface area contributed by atoms with Crippen molar-refractivity contribution in [3.63, 3.8) is 0 Å². The molecule has 2 aromatic carbocycles. The van der Waals surface area contributed by atoms with E-state index in [0.717, 1.165) is 11.1 Å². The lowest BCUT2D eigenvalue weighted by Crippen LogP contribution is -2.62. The normalized spacial score (nSPS) is 23.6. The maximum absolute atomic E-state index is 12.6. The molecule has 5 atom stereocenters. The zero-order chi connectivity index (χ0) is 29.2. The Labute approximate surface area is 233 Å². The lowest BCUT2D eigenvalue weighted by molar-refractivity contribution is -0.122. The molecule has 2 unspecified atom stereocenters. The molecule has 0 radical (unpaired) electrons. The molecule has 0 spiro atoms. The molecule has 0 aromatic heterocycles. The highest BCUT2D eigenvalue weighted by Crippen LogP contribution is 2.57. The number of nitrogens with zero attached hydrogens (tertiary/aromatic N) is 3. The number of nitrogens with two attached hydrogens (primary N) is 1. The van der Waals surface area contributed by atoms with E-state index >= 15 is 0 Å². The van der Waals surface area contributed by atoms with Gasteiger partial charge in [0.1, 0.15) is 11.8 Å². The van der Waals surface area contributed by atoms with Gasteiger partial charge in [-0.25, -0.2) is 0 Å². The highest BCUT2D eigenvalue weighted by atomic mass is 16.5. The number of aryl methyl sites for hydroxylation is 1. The van der Waals surface area contributed by atoms with Gasteiger partial charge in [0.2, 0.25) is 5.91 Å². The molecular formula is C29H35N5O6. The molecule has 212 valence electrons. The van der Waals surface area contributed by atoms with E-state index in [0.29, 0.717) is 40.1 Å². The number of likely N-dealkylation sites (N-methyl/N-ethyl adjacent to an activating group) is 1. The largest absolute Gasteiger partial charge is 0.507 e. The van der Waals surface area contributed by atoms with Crippen LogP contribution in [0.3, 0.4) is 0 Å². The molecule has 5 rings (SSSR count). The third-order valence-corrected chi connectivity index (χ3v) is 8.54. The molecule has 11 heteroatoms. The molecule has 3 heterocycles. The van der Waals surface area contributed by atoms with Crippen molar-refractivity contribution in [1.82, 2.24) is 15.1 Å². The Morgan fingerprint density at radius 1 is 1.18 bits per heavy atom. The number of methoxy groups -OCH3 is 2. The molecule has 6 N–H and O–H groups in total. The Morgan fingerprint density at radius 3 is 2.42 bits per heavy atom. The molecular weight excluding hydrogens is 514 g/mol. The van der Waals surface area contributed by atoms with Crippen molar-refractivity contribution in [2.75, 3.05) is 27.8 Å². The van der Waals surface area contributed by atoms with Crippen LogP contribution in [0, 0.1) is 25.2 Å². The van der Waals surface area contributed by atoms with Crippen LogP contribution in [0.15, 0.2) is 11.8 Å². The summed E-state index contributed by atoms with van der Waals surface area (Å²) in [7, 11) is 4.82. The molecule has 1 amide bonds. The number of benzene rings is 2. The van der Waals surface area contributed by atoms with E-state index in [1.54, 1.807) is 19.9 Å². The van der Waals surface area contributed by atoms with E-state index in [9.17, 15) is 25.4 Å². The Bertz CT molecular complexity index is 1480. The van der Waals surface area contributed by atoms with Gasteiger partial charge in [-0.1, -0.05) is 6.07 Å².